The summed E-state index contributed by atoms with van der Waals surface area (Å²) in [6.45, 7) is 0.562. The Morgan fingerprint density at radius 1 is 0.966 bits per heavy atom. The normalized spacial score (nSPS) is 16.0. The van der Waals surface area contributed by atoms with Crippen molar-refractivity contribution in [1.82, 2.24) is 14.8 Å². The molecule has 0 atom stereocenters. The summed E-state index contributed by atoms with van der Waals surface area (Å²) >= 11 is 1.52. The highest BCUT2D eigenvalue weighted by Gasteiger charge is 2.36. The minimum atomic E-state index is 0.0865. The van der Waals surface area contributed by atoms with Gasteiger partial charge in [-0.25, -0.2) is 0 Å². The monoisotopic (exact) mass is 404 g/mol. The molecule has 0 aliphatic heterocycles. The standard InChI is InChI=1S/C23H24N4OS/c28-21(16-29-23-25-24-22(18-11-12-18)27(23)20-13-14-20)26(19-9-5-2-6-10-19)15-17-7-3-1-4-8-17/h1-10,18,20H,11-16H2. The molecule has 3 aromatic rings. The Labute approximate surface area is 175 Å². The minimum absolute atomic E-state index is 0.0865. The predicted molar refractivity (Wildman–Crippen MR) is 115 cm³/mol. The summed E-state index contributed by atoms with van der Waals surface area (Å²) in [5.41, 5.74) is 2.04. The van der Waals surface area contributed by atoms with Gasteiger partial charge in [0.15, 0.2) is 5.16 Å². The Morgan fingerprint density at radius 3 is 2.31 bits per heavy atom. The second-order valence-corrected chi connectivity index (χ2v) is 8.75. The van der Waals surface area contributed by atoms with Crippen LogP contribution in [0.5, 0.6) is 0 Å². The van der Waals surface area contributed by atoms with Crippen LogP contribution < -0.4 is 4.90 Å². The average Bonchev–Trinajstić information content (AvgIpc) is 3.70. The zero-order chi connectivity index (χ0) is 19.6. The molecule has 5 nitrogen and oxygen atoms in total. The summed E-state index contributed by atoms with van der Waals surface area (Å²) in [7, 11) is 0. The van der Waals surface area contributed by atoms with Crippen LogP contribution in [-0.2, 0) is 11.3 Å². The van der Waals surface area contributed by atoms with Crippen LogP contribution in [0.4, 0.5) is 5.69 Å². The number of hydrogen-bond acceptors (Lipinski definition) is 4. The number of thioether (sulfide) groups is 1. The van der Waals surface area contributed by atoms with Crippen molar-refractivity contribution in [2.45, 2.75) is 49.3 Å². The van der Waals surface area contributed by atoms with Crippen molar-refractivity contribution in [2.24, 2.45) is 0 Å². The highest BCUT2D eigenvalue weighted by Crippen LogP contribution is 2.46. The predicted octanol–water partition coefficient (Wildman–Crippen LogP) is 4.82. The Kier molecular flexibility index (Phi) is 5.10. The number of hydrogen-bond donors (Lipinski definition) is 0. The van der Waals surface area contributed by atoms with Gasteiger partial charge < -0.3 is 9.47 Å². The van der Waals surface area contributed by atoms with Gasteiger partial charge in [0.1, 0.15) is 5.82 Å². The quantitative estimate of drug-likeness (QED) is 0.505. The smallest absolute Gasteiger partial charge is 0.237 e. The van der Waals surface area contributed by atoms with Gasteiger partial charge >= 0.3 is 0 Å². The molecule has 2 saturated carbocycles. The summed E-state index contributed by atoms with van der Waals surface area (Å²) in [6, 6.07) is 20.6. The molecule has 0 spiro atoms. The molecule has 1 aromatic heterocycles. The molecule has 2 aromatic carbocycles. The van der Waals surface area contributed by atoms with Crippen molar-refractivity contribution in [2.75, 3.05) is 10.7 Å². The highest BCUT2D eigenvalue weighted by atomic mass is 32.2. The summed E-state index contributed by atoms with van der Waals surface area (Å²) in [6.07, 6.45) is 4.83. The van der Waals surface area contributed by atoms with Gasteiger partial charge in [-0.3, -0.25) is 4.79 Å². The van der Waals surface area contributed by atoms with E-state index >= 15 is 0 Å². The second-order valence-electron chi connectivity index (χ2n) is 7.81. The van der Waals surface area contributed by atoms with Crippen LogP contribution in [0, 0.1) is 0 Å². The largest absolute Gasteiger partial charge is 0.307 e. The molecule has 2 aliphatic carbocycles. The molecule has 0 radical (unpaired) electrons. The molecular formula is C23H24N4OS. The lowest BCUT2D eigenvalue weighted by Gasteiger charge is -2.23. The zero-order valence-electron chi connectivity index (χ0n) is 16.3. The maximum absolute atomic E-state index is 13.2. The van der Waals surface area contributed by atoms with E-state index in [1.165, 1.54) is 37.4 Å². The number of benzene rings is 2. The van der Waals surface area contributed by atoms with E-state index in [-0.39, 0.29) is 5.91 Å². The van der Waals surface area contributed by atoms with Gasteiger partial charge in [-0.2, -0.15) is 0 Å². The minimum Gasteiger partial charge on any atom is -0.307 e. The van der Waals surface area contributed by atoms with Gasteiger partial charge in [-0.15, -0.1) is 10.2 Å². The third-order valence-electron chi connectivity index (χ3n) is 5.42. The zero-order valence-corrected chi connectivity index (χ0v) is 17.1. The van der Waals surface area contributed by atoms with Crippen LogP contribution in [0.25, 0.3) is 0 Å². The van der Waals surface area contributed by atoms with Gasteiger partial charge in [-0.05, 0) is 43.4 Å². The maximum Gasteiger partial charge on any atom is 0.237 e. The lowest BCUT2D eigenvalue weighted by molar-refractivity contribution is -0.116. The van der Waals surface area contributed by atoms with Gasteiger partial charge in [0.2, 0.25) is 5.91 Å². The van der Waals surface area contributed by atoms with E-state index in [4.69, 9.17) is 0 Å². The summed E-state index contributed by atoms with van der Waals surface area (Å²) in [4.78, 5) is 15.1. The summed E-state index contributed by atoms with van der Waals surface area (Å²) in [5.74, 6) is 2.15. The molecular weight excluding hydrogens is 380 g/mol. The van der Waals surface area contributed by atoms with Crippen molar-refractivity contribution in [3.8, 4) is 0 Å². The van der Waals surface area contributed by atoms with E-state index in [0.717, 1.165) is 22.2 Å². The maximum atomic E-state index is 13.2. The first-order valence-corrected chi connectivity index (χ1v) is 11.2. The fraction of sp³-hybridized carbons (Fsp3) is 0.348. The molecule has 0 N–H and O–H groups in total. The topological polar surface area (TPSA) is 51.0 Å². The van der Waals surface area contributed by atoms with Crippen LogP contribution in [-0.4, -0.2) is 26.4 Å². The van der Waals surface area contributed by atoms with Crippen LogP contribution in [0.1, 0.15) is 49.0 Å². The Morgan fingerprint density at radius 2 is 1.66 bits per heavy atom. The number of carbonyl (C=O) groups is 1. The van der Waals surface area contributed by atoms with E-state index < -0.39 is 0 Å². The molecule has 1 heterocycles. The molecule has 0 saturated heterocycles. The number of amides is 1. The number of anilines is 1. The molecule has 5 rings (SSSR count). The lowest BCUT2D eigenvalue weighted by Crippen LogP contribution is -2.32. The Balaban J connectivity index is 1.33. The van der Waals surface area contributed by atoms with Crippen LogP contribution in [0.2, 0.25) is 0 Å². The number of rotatable bonds is 8. The van der Waals surface area contributed by atoms with E-state index in [1.54, 1.807) is 0 Å². The van der Waals surface area contributed by atoms with Crippen molar-refractivity contribution < 1.29 is 4.79 Å². The van der Waals surface area contributed by atoms with Crippen molar-refractivity contribution in [3.63, 3.8) is 0 Å². The van der Waals surface area contributed by atoms with E-state index in [2.05, 4.69) is 26.9 Å². The number of para-hydroxylation sites is 1. The molecule has 2 aliphatic rings. The van der Waals surface area contributed by atoms with Crippen molar-refractivity contribution in [1.29, 1.82) is 0 Å². The highest BCUT2D eigenvalue weighted by molar-refractivity contribution is 7.99. The number of carbonyl (C=O) groups excluding carboxylic acids is 1. The molecule has 0 bridgehead atoms. The second kappa shape index (κ2) is 8.03. The third kappa shape index (κ3) is 4.22. The SMILES string of the molecule is O=C(CSc1nnc(C2CC2)n1C1CC1)N(Cc1ccccc1)c1ccccc1. The summed E-state index contributed by atoms with van der Waals surface area (Å²) in [5, 5.41) is 9.79. The van der Waals surface area contributed by atoms with Crippen LogP contribution in [0.15, 0.2) is 65.8 Å². The average molecular weight is 405 g/mol. The van der Waals surface area contributed by atoms with E-state index in [9.17, 15) is 4.79 Å². The fourth-order valence-electron chi connectivity index (χ4n) is 3.58. The lowest BCUT2D eigenvalue weighted by atomic mass is 10.2. The first-order valence-electron chi connectivity index (χ1n) is 10.3. The molecule has 148 valence electrons. The Hall–Kier alpha value is -2.60. The molecule has 6 heteroatoms. The number of nitrogens with zero attached hydrogens (tertiary/aromatic N) is 4. The van der Waals surface area contributed by atoms with E-state index in [1.807, 2.05) is 53.4 Å². The van der Waals surface area contributed by atoms with Gasteiger partial charge in [0, 0.05) is 17.6 Å². The molecule has 0 unspecified atom stereocenters. The van der Waals surface area contributed by atoms with Crippen LogP contribution in [0.3, 0.4) is 0 Å². The first-order chi connectivity index (χ1) is 14.3. The van der Waals surface area contributed by atoms with Gasteiger partial charge in [0.25, 0.3) is 0 Å². The molecule has 1 amide bonds. The van der Waals surface area contributed by atoms with Gasteiger partial charge in [0.05, 0.1) is 12.3 Å². The Bertz CT molecular complexity index is 981. The summed E-state index contributed by atoms with van der Waals surface area (Å²) < 4.78 is 2.31. The van der Waals surface area contributed by atoms with Gasteiger partial charge in [-0.1, -0.05) is 60.3 Å². The third-order valence-corrected chi connectivity index (χ3v) is 6.35. The first kappa shape index (κ1) is 18.4. The van der Waals surface area contributed by atoms with Crippen LogP contribution >= 0.6 is 11.8 Å². The van der Waals surface area contributed by atoms with Crippen molar-refractivity contribution in [3.05, 3.63) is 72.1 Å². The fourth-order valence-corrected chi connectivity index (χ4v) is 4.47. The molecule has 29 heavy (non-hydrogen) atoms. The van der Waals surface area contributed by atoms with E-state index in [0.29, 0.717) is 24.3 Å². The molecule has 2 fully saturated rings. The number of aromatic nitrogens is 3. The van der Waals surface area contributed by atoms with Crippen molar-refractivity contribution >= 4 is 23.4 Å².